The van der Waals surface area contributed by atoms with Crippen LogP contribution in [0.4, 0.5) is 0 Å². The molecule has 1 aliphatic rings. The van der Waals surface area contributed by atoms with Gasteiger partial charge in [-0.05, 0) is 61.9 Å². The third-order valence-corrected chi connectivity index (χ3v) is 5.21. The number of carbonyl (C=O) groups excluding carboxylic acids is 1. The monoisotopic (exact) mass is 392 g/mol. The van der Waals surface area contributed by atoms with Crippen molar-refractivity contribution in [3.05, 3.63) is 53.3 Å². The number of hydrogen-bond donors (Lipinski definition) is 0. The summed E-state index contributed by atoms with van der Waals surface area (Å²) in [5, 5.41) is 8.21. The van der Waals surface area contributed by atoms with E-state index in [-0.39, 0.29) is 17.3 Å². The number of fused-ring (bicyclic) bond motifs is 1. The molecule has 0 spiro atoms. The van der Waals surface area contributed by atoms with Crippen LogP contribution in [-0.4, -0.2) is 29.4 Å². The van der Waals surface area contributed by atoms with Crippen LogP contribution in [0.3, 0.4) is 0 Å². The van der Waals surface area contributed by atoms with Crippen molar-refractivity contribution in [2.45, 2.75) is 57.8 Å². The molecule has 2 heterocycles. The van der Waals surface area contributed by atoms with Gasteiger partial charge in [-0.15, -0.1) is 0 Å². The fourth-order valence-electron chi connectivity index (χ4n) is 3.46. The second-order valence-corrected chi connectivity index (χ2v) is 7.86. The van der Waals surface area contributed by atoms with Gasteiger partial charge >= 0.3 is 5.97 Å². The van der Waals surface area contributed by atoms with Gasteiger partial charge in [-0.2, -0.15) is 10.2 Å². The summed E-state index contributed by atoms with van der Waals surface area (Å²) in [6.07, 6.45) is 4.45. The molecule has 5 nitrogen and oxygen atoms in total. The van der Waals surface area contributed by atoms with Gasteiger partial charge in [-0.1, -0.05) is 25.7 Å². The molecule has 0 aliphatic carbocycles. The Bertz CT molecular complexity index is 897. The van der Waals surface area contributed by atoms with Gasteiger partial charge < -0.3 is 9.47 Å². The van der Waals surface area contributed by atoms with Crippen molar-refractivity contribution in [3.8, 4) is 17.6 Å². The molecule has 0 N–H and O–H groups in total. The summed E-state index contributed by atoms with van der Waals surface area (Å²) >= 11 is 0. The van der Waals surface area contributed by atoms with E-state index in [1.807, 2.05) is 31.2 Å². The minimum absolute atomic E-state index is 0.0786. The van der Waals surface area contributed by atoms with E-state index in [0.717, 1.165) is 36.5 Å². The Morgan fingerprint density at radius 1 is 1.34 bits per heavy atom. The lowest BCUT2D eigenvalue weighted by Gasteiger charge is -2.32. The number of ether oxygens (including phenoxy) is 2. The third kappa shape index (κ3) is 5.57. The van der Waals surface area contributed by atoms with E-state index in [1.54, 1.807) is 6.20 Å². The Balaban J connectivity index is 1.78. The van der Waals surface area contributed by atoms with E-state index in [9.17, 15) is 4.79 Å². The standard InChI is InChI=1S/C24H28N2O3/c1-4-28-23(27)9-5-7-19(21-8-6-15-25-26-21)12-10-18-11-13-22-20(17-18)24(2,3)14-16-29-22/h6,8,11,13,15,17,19H,4-5,7,9,14,16H2,1-3H3. The van der Waals surface area contributed by atoms with Crippen molar-refractivity contribution >= 4 is 5.97 Å². The average molecular weight is 392 g/mol. The van der Waals surface area contributed by atoms with Gasteiger partial charge in [0.15, 0.2) is 0 Å². The molecule has 1 aliphatic heterocycles. The maximum atomic E-state index is 11.6. The molecule has 0 saturated heterocycles. The predicted octanol–water partition coefficient (Wildman–Crippen LogP) is 4.41. The van der Waals surface area contributed by atoms with E-state index in [2.05, 4.69) is 42.0 Å². The highest BCUT2D eigenvalue weighted by Gasteiger charge is 2.28. The Morgan fingerprint density at radius 3 is 2.97 bits per heavy atom. The van der Waals surface area contributed by atoms with E-state index in [1.165, 1.54) is 5.56 Å². The molecule has 1 aromatic carbocycles. The smallest absolute Gasteiger partial charge is 0.305 e. The second-order valence-electron chi connectivity index (χ2n) is 7.86. The first-order valence-electron chi connectivity index (χ1n) is 10.2. The minimum atomic E-state index is -0.171. The highest BCUT2D eigenvalue weighted by Crippen LogP contribution is 2.38. The van der Waals surface area contributed by atoms with Gasteiger partial charge in [0.25, 0.3) is 0 Å². The number of benzene rings is 1. The third-order valence-electron chi connectivity index (χ3n) is 5.21. The summed E-state index contributed by atoms with van der Waals surface area (Å²) in [4.78, 5) is 11.6. The minimum Gasteiger partial charge on any atom is -0.493 e. The van der Waals surface area contributed by atoms with Crippen LogP contribution < -0.4 is 4.74 Å². The molecule has 0 saturated carbocycles. The lowest BCUT2D eigenvalue weighted by Crippen LogP contribution is -2.26. The van der Waals surface area contributed by atoms with E-state index >= 15 is 0 Å². The van der Waals surface area contributed by atoms with Crippen LogP contribution in [-0.2, 0) is 14.9 Å². The lowest BCUT2D eigenvalue weighted by atomic mass is 9.79. The van der Waals surface area contributed by atoms with Crippen LogP contribution in [0.5, 0.6) is 5.75 Å². The van der Waals surface area contributed by atoms with E-state index < -0.39 is 0 Å². The zero-order valence-electron chi connectivity index (χ0n) is 17.4. The van der Waals surface area contributed by atoms with Crippen LogP contribution in [0.25, 0.3) is 0 Å². The van der Waals surface area contributed by atoms with Crippen LogP contribution in [0.2, 0.25) is 0 Å². The molecule has 29 heavy (non-hydrogen) atoms. The molecule has 1 aromatic heterocycles. The number of nitrogens with zero attached hydrogens (tertiary/aromatic N) is 2. The highest BCUT2D eigenvalue weighted by molar-refractivity contribution is 5.69. The largest absolute Gasteiger partial charge is 0.493 e. The molecule has 0 bridgehead atoms. The molecular formula is C24H28N2O3. The fourth-order valence-corrected chi connectivity index (χ4v) is 3.46. The van der Waals surface area contributed by atoms with Gasteiger partial charge in [0.05, 0.1) is 24.8 Å². The Kier molecular flexibility index (Phi) is 6.87. The average Bonchev–Trinajstić information content (AvgIpc) is 2.71. The topological polar surface area (TPSA) is 61.3 Å². The second kappa shape index (κ2) is 9.56. The van der Waals surface area contributed by atoms with Gasteiger partial charge in [0.1, 0.15) is 5.75 Å². The first-order valence-corrected chi connectivity index (χ1v) is 10.2. The summed E-state index contributed by atoms with van der Waals surface area (Å²) in [6.45, 7) is 7.45. The van der Waals surface area contributed by atoms with Crippen molar-refractivity contribution in [2.24, 2.45) is 0 Å². The molecule has 152 valence electrons. The normalized spacial score (nSPS) is 15.3. The highest BCUT2D eigenvalue weighted by atomic mass is 16.5. The predicted molar refractivity (Wildman–Crippen MR) is 112 cm³/mol. The molecule has 3 rings (SSSR count). The van der Waals surface area contributed by atoms with Gasteiger partial charge in [0.2, 0.25) is 0 Å². The fraction of sp³-hybridized carbons (Fsp3) is 0.458. The molecular weight excluding hydrogens is 364 g/mol. The number of aromatic nitrogens is 2. The maximum absolute atomic E-state index is 11.6. The van der Waals surface area contributed by atoms with Crippen molar-refractivity contribution in [1.29, 1.82) is 0 Å². The van der Waals surface area contributed by atoms with E-state index in [0.29, 0.717) is 19.4 Å². The van der Waals surface area contributed by atoms with Crippen LogP contribution in [0, 0.1) is 11.8 Å². The van der Waals surface area contributed by atoms with Crippen molar-refractivity contribution in [1.82, 2.24) is 10.2 Å². The quantitative estimate of drug-likeness (QED) is 0.538. The molecule has 0 radical (unpaired) electrons. The van der Waals surface area contributed by atoms with Crippen molar-refractivity contribution < 1.29 is 14.3 Å². The number of hydrogen-bond acceptors (Lipinski definition) is 5. The summed E-state index contributed by atoms with van der Waals surface area (Å²) in [6, 6.07) is 9.94. The Hall–Kier alpha value is -2.87. The zero-order chi connectivity index (χ0) is 20.7. The molecule has 2 aromatic rings. The van der Waals surface area contributed by atoms with E-state index in [4.69, 9.17) is 9.47 Å². The number of rotatable bonds is 6. The van der Waals surface area contributed by atoms with Gasteiger partial charge in [0, 0.05) is 23.7 Å². The summed E-state index contributed by atoms with van der Waals surface area (Å²) in [5.41, 5.74) is 3.07. The summed E-state index contributed by atoms with van der Waals surface area (Å²) in [7, 11) is 0. The molecule has 1 unspecified atom stereocenters. The number of esters is 1. The SMILES string of the molecule is CCOC(=O)CCCC(C#Cc1ccc2c(c1)C(C)(C)CCO2)c1cccnn1. The Labute approximate surface area is 172 Å². The first kappa shape index (κ1) is 20.9. The lowest BCUT2D eigenvalue weighted by molar-refractivity contribution is -0.143. The molecule has 0 fully saturated rings. The summed E-state index contributed by atoms with van der Waals surface area (Å²) in [5.74, 6) is 7.35. The molecule has 1 atom stereocenters. The van der Waals surface area contributed by atoms with Crippen LogP contribution >= 0.6 is 0 Å². The van der Waals surface area contributed by atoms with Gasteiger partial charge in [-0.25, -0.2) is 0 Å². The van der Waals surface area contributed by atoms with Crippen LogP contribution in [0.1, 0.15) is 69.2 Å². The molecule has 5 heteroatoms. The van der Waals surface area contributed by atoms with Gasteiger partial charge in [-0.3, -0.25) is 4.79 Å². The van der Waals surface area contributed by atoms with Crippen LogP contribution in [0.15, 0.2) is 36.5 Å². The van der Waals surface area contributed by atoms with Crippen molar-refractivity contribution in [3.63, 3.8) is 0 Å². The maximum Gasteiger partial charge on any atom is 0.305 e. The first-order chi connectivity index (χ1) is 14.0. The number of carbonyl (C=O) groups is 1. The zero-order valence-corrected chi connectivity index (χ0v) is 17.4. The van der Waals surface area contributed by atoms with Crippen molar-refractivity contribution in [2.75, 3.05) is 13.2 Å². The Morgan fingerprint density at radius 2 is 2.21 bits per heavy atom. The summed E-state index contributed by atoms with van der Waals surface area (Å²) < 4.78 is 10.8. The molecule has 0 amide bonds.